The van der Waals surface area contributed by atoms with Gasteiger partial charge in [-0.3, -0.25) is 4.79 Å². The van der Waals surface area contributed by atoms with Crippen LogP contribution < -0.4 is 0 Å². The fourth-order valence-corrected chi connectivity index (χ4v) is 4.95. The van der Waals surface area contributed by atoms with E-state index in [1.54, 1.807) is 17.0 Å². The number of fused-ring (bicyclic) bond motifs is 1. The second-order valence-electron chi connectivity index (χ2n) is 8.99. The summed E-state index contributed by atoms with van der Waals surface area (Å²) in [6.07, 6.45) is 3.53. The Morgan fingerprint density at radius 3 is 2.18 bits per heavy atom. The van der Waals surface area contributed by atoms with Crippen LogP contribution in [-0.4, -0.2) is 71.9 Å². The zero-order valence-corrected chi connectivity index (χ0v) is 18.7. The average Bonchev–Trinajstić information content (AvgIpc) is 2.88. The number of likely N-dealkylation sites (tertiary alicyclic amines) is 1. The van der Waals surface area contributed by atoms with Crippen molar-refractivity contribution >= 4 is 17.9 Å². The molecule has 0 N–H and O–H groups in total. The van der Waals surface area contributed by atoms with E-state index < -0.39 is 0 Å². The summed E-state index contributed by atoms with van der Waals surface area (Å²) in [7, 11) is 0. The summed E-state index contributed by atoms with van der Waals surface area (Å²) in [5, 5.41) is 0. The Hall–Kier alpha value is -3.35. The minimum atomic E-state index is -0.353. The van der Waals surface area contributed by atoms with Gasteiger partial charge in [0, 0.05) is 51.3 Å². The smallest absolute Gasteiger partial charge is 0.339 e. The number of piperazine rings is 1. The van der Waals surface area contributed by atoms with E-state index in [4.69, 9.17) is 4.74 Å². The molecule has 7 heteroatoms. The van der Waals surface area contributed by atoms with Gasteiger partial charge in [0.25, 0.3) is 5.91 Å². The van der Waals surface area contributed by atoms with Crippen molar-refractivity contribution in [2.45, 2.75) is 31.8 Å². The van der Waals surface area contributed by atoms with E-state index in [0.29, 0.717) is 43.7 Å². The van der Waals surface area contributed by atoms with Gasteiger partial charge in [0.1, 0.15) is 6.10 Å². The molecule has 0 saturated carbocycles. The second-order valence-corrected chi connectivity index (χ2v) is 8.99. The zero-order valence-electron chi connectivity index (χ0n) is 18.7. The first-order chi connectivity index (χ1) is 16.1. The average molecular weight is 448 g/mol. The van der Waals surface area contributed by atoms with E-state index in [0.717, 1.165) is 37.1 Å². The van der Waals surface area contributed by atoms with Crippen LogP contribution in [0.3, 0.4) is 0 Å². The number of hydrogen-bond donors (Lipinski definition) is 0. The van der Waals surface area contributed by atoms with Crippen molar-refractivity contribution in [1.29, 1.82) is 0 Å². The van der Waals surface area contributed by atoms with Gasteiger partial charge in [-0.1, -0.05) is 30.3 Å². The molecule has 2 aromatic rings. The molecule has 0 radical (unpaired) electrons. The summed E-state index contributed by atoms with van der Waals surface area (Å²) < 4.78 is 5.62. The Bertz CT molecular complexity index is 1040. The van der Waals surface area contributed by atoms with Gasteiger partial charge in [0.2, 0.25) is 0 Å². The molecule has 3 aliphatic rings. The summed E-state index contributed by atoms with van der Waals surface area (Å²) >= 11 is 0. The molecule has 7 nitrogen and oxygen atoms in total. The molecule has 0 spiro atoms. The number of hydrogen-bond acceptors (Lipinski definition) is 4. The molecule has 5 rings (SSSR count). The lowest BCUT2D eigenvalue weighted by molar-refractivity contribution is 0.0252. The van der Waals surface area contributed by atoms with Gasteiger partial charge in [-0.05, 0) is 48.6 Å². The zero-order chi connectivity index (χ0) is 22.8. The van der Waals surface area contributed by atoms with Gasteiger partial charge in [0.05, 0.1) is 5.56 Å². The summed E-state index contributed by atoms with van der Waals surface area (Å²) in [5.74, 6) is -0.410. The second kappa shape index (κ2) is 9.25. The van der Waals surface area contributed by atoms with E-state index in [1.165, 1.54) is 6.42 Å². The van der Waals surface area contributed by atoms with Crippen molar-refractivity contribution in [2.75, 3.05) is 39.3 Å². The van der Waals surface area contributed by atoms with Crippen LogP contribution in [0, 0.1) is 0 Å². The van der Waals surface area contributed by atoms with Gasteiger partial charge >= 0.3 is 12.0 Å². The standard InChI is InChI=1S/C26H29N3O4/c30-24(27-13-15-29(16-14-27)26(32)28-11-5-2-6-12-28)20-9-10-22-21(17-20)18-23(33-25(22)31)19-7-3-1-4-8-19/h1,3-4,7-10,17,23H,2,5-6,11-16,18H2. The molecule has 172 valence electrons. The molecule has 3 heterocycles. The maximum absolute atomic E-state index is 13.2. The number of cyclic esters (lactones) is 1. The lowest BCUT2D eigenvalue weighted by atomic mass is 9.93. The van der Waals surface area contributed by atoms with Crippen LogP contribution in [-0.2, 0) is 11.2 Å². The SMILES string of the molecule is O=C1OC(c2ccccc2)Cc2cc(C(=O)N3CCN(C(=O)N4CCCCC4)CC3)ccc21. The maximum Gasteiger partial charge on any atom is 0.339 e. The number of carbonyl (C=O) groups excluding carboxylic acids is 3. The number of piperidine rings is 1. The van der Waals surface area contributed by atoms with Crippen molar-refractivity contribution in [3.8, 4) is 0 Å². The predicted molar refractivity (Wildman–Crippen MR) is 123 cm³/mol. The molecule has 33 heavy (non-hydrogen) atoms. The minimum Gasteiger partial charge on any atom is -0.454 e. The summed E-state index contributed by atoms with van der Waals surface area (Å²) in [5.41, 5.74) is 2.88. The monoisotopic (exact) mass is 447 g/mol. The molecule has 0 aliphatic carbocycles. The first-order valence-electron chi connectivity index (χ1n) is 11.8. The summed E-state index contributed by atoms with van der Waals surface area (Å²) in [4.78, 5) is 44.1. The molecular formula is C26H29N3O4. The molecule has 2 aromatic carbocycles. The Labute approximate surface area is 193 Å². The maximum atomic E-state index is 13.2. The lowest BCUT2D eigenvalue weighted by Crippen LogP contribution is -2.54. The van der Waals surface area contributed by atoms with E-state index in [-0.39, 0.29) is 24.0 Å². The molecular weight excluding hydrogens is 418 g/mol. The molecule has 3 aliphatic heterocycles. The first-order valence-corrected chi connectivity index (χ1v) is 11.8. The number of benzene rings is 2. The predicted octanol–water partition coefficient (Wildman–Crippen LogP) is 3.50. The Kier molecular flexibility index (Phi) is 6.03. The van der Waals surface area contributed by atoms with Crippen molar-refractivity contribution in [3.63, 3.8) is 0 Å². The molecule has 0 bridgehead atoms. The van der Waals surface area contributed by atoms with E-state index in [1.807, 2.05) is 46.2 Å². The summed E-state index contributed by atoms with van der Waals surface area (Å²) in [6.45, 7) is 3.80. The minimum absolute atomic E-state index is 0.0573. The van der Waals surface area contributed by atoms with Crippen LogP contribution in [0.25, 0.3) is 0 Å². The highest BCUT2D eigenvalue weighted by atomic mass is 16.5. The first kappa shape index (κ1) is 21.5. The fourth-order valence-electron chi connectivity index (χ4n) is 4.95. The Morgan fingerprint density at radius 2 is 1.45 bits per heavy atom. The third-order valence-electron chi connectivity index (χ3n) is 6.86. The van der Waals surface area contributed by atoms with Gasteiger partial charge in [-0.15, -0.1) is 0 Å². The van der Waals surface area contributed by atoms with E-state index in [2.05, 4.69) is 0 Å². The highest BCUT2D eigenvalue weighted by Crippen LogP contribution is 2.31. The van der Waals surface area contributed by atoms with Gasteiger partial charge in [0.15, 0.2) is 0 Å². The molecule has 1 unspecified atom stereocenters. The van der Waals surface area contributed by atoms with Crippen LogP contribution in [0.2, 0.25) is 0 Å². The highest BCUT2D eigenvalue weighted by molar-refractivity contribution is 5.98. The lowest BCUT2D eigenvalue weighted by Gasteiger charge is -2.38. The van der Waals surface area contributed by atoms with Crippen LogP contribution in [0.15, 0.2) is 48.5 Å². The topological polar surface area (TPSA) is 70.2 Å². The number of nitrogens with zero attached hydrogens (tertiary/aromatic N) is 3. The van der Waals surface area contributed by atoms with Crippen LogP contribution >= 0.6 is 0 Å². The largest absolute Gasteiger partial charge is 0.454 e. The van der Waals surface area contributed by atoms with Crippen LogP contribution in [0.4, 0.5) is 4.79 Å². The number of esters is 1. The third-order valence-corrected chi connectivity index (χ3v) is 6.86. The van der Waals surface area contributed by atoms with Gasteiger partial charge in [-0.2, -0.15) is 0 Å². The van der Waals surface area contributed by atoms with Crippen molar-refractivity contribution < 1.29 is 19.1 Å². The van der Waals surface area contributed by atoms with E-state index in [9.17, 15) is 14.4 Å². The molecule has 0 aromatic heterocycles. The van der Waals surface area contributed by atoms with Crippen LogP contribution in [0.1, 0.15) is 57.2 Å². The Morgan fingerprint density at radius 1 is 0.788 bits per heavy atom. The van der Waals surface area contributed by atoms with Gasteiger partial charge in [-0.25, -0.2) is 9.59 Å². The fraction of sp³-hybridized carbons (Fsp3) is 0.423. The number of carbonyl (C=O) groups is 3. The van der Waals surface area contributed by atoms with E-state index >= 15 is 0 Å². The summed E-state index contributed by atoms with van der Waals surface area (Å²) in [6, 6.07) is 15.0. The number of urea groups is 1. The number of ether oxygens (including phenoxy) is 1. The molecule has 2 fully saturated rings. The highest BCUT2D eigenvalue weighted by Gasteiger charge is 2.31. The third kappa shape index (κ3) is 4.45. The van der Waals surface area contributed by atoms with Gasteiger partial charge < -0.3 is 19.4 Å². The number of rotatable bonds is 2. The van der Waals surface area contributed by atoms with Crippen molar-refractivity contribution in [1.82, 2.24) is 14.7 Å². The molecule has 3 amide bonds. The Balaban J connectivity index is 1.25. The normalized spacial score (nSPS) is 20.8. The molecule has 2 saturated heterocycles. The van der Waals surface area contributed by atoms with Crippen molar-refractivity contribution in [2.24, 2.45) is 0 Å². The molecule has 1 atom stereocenters. The van der Waals surface area contributed by atoms with Crippen molar-refractivity contribution in [3.05, 3.63) is 70.8 Å². The quantitative estimate of drug-likeness (QED) is 0.661. The number of amides is 3. The van der Waals surface area contributed by atoms with Crippen LogP contribution in [0.5, 0.6) is 0 Å².